The Labute approximate surface area is 133 Å². The van der Waals surface area contributed by atoms with Crippen LogP contribution in [0.3, 0.4) is 0 Å². The van der Waals surface area contributed by atoms with E-state index < -0.39 is 11.9 Å². The molecule has 0 bridgehead atoms. The number of hydrogen-bond acceptors (Lipinski definition) is 4. The Kier molecular flexibility index (Phi) is 4.77. The van der Waals surface area contributed by atoms with Crippen LogP contribution in [0.25, 0.3) is 0 Å². The third-order valence-electron chi connectivity index (χ3n) is 3.40. The first-order valence-electron chi connectivity index (χ1n) is 7.22. The lowest BCUT2D eigenvalue weighted by atomic mass is 9.98. The van der Waals surface area contributed by atoms with E-state index in [2.05, 4.69) is 34.4 Å². The highest BCUT2D eigenvalue weighted by molar-refractivity contribution is 5.59. The monoisotopic (exact) mass is 324 g/mol. The zero-order valence-corrected chi connectivity index (χ0v) is 13.4. The van der Waals surface area contributed by atoms with Crippen LogP contribution in [0, 0.1) is 6.92 Å². The minimum absolute atomic E-state index is 0.0853. The second kappa shape index (κ2) is 6.44. The van der Waals surface area contributed by atoms with E-state index in [4.69, 9.17) is 0 Å². The zero-order chi connectivity index (χ0) is 17.2. The molecule has 0 radical (unpaired) electrons. The summed E-state index contributed by atoms with van der Waals surface area (Å²) in [6, 6.07) is 6.58. The smallest absolute Gasteiger partial charge is 0.357 e. The van der Waals surface area contributed by atoms with Gasteiger partial charge in [0.15, 0.2) is 5.69 Å². The first kappa shape index (κ1) is 17.1. The van der Waals surface area contributed by atoms with Gasteiger partial charge in [-0.2, -0.15) is 18.2 Å². The van der Waals surface area contributed by atoms with E-state index in [0.29, 0.717) is 11.6 Å². The number of alkyl halides is 3. The number of rotatable bonds is 4. The summed E-state index contributed by atoms with van der Waals surface area (Å²) in [5.41, 5.74) is 1.96. The van der Waals surface area contributed by atoms with Crippen LogP contribution in [0.2, 0.25) is 0 Å². The van der Waals surface area contributed by atoms with Gasteiger partial charge in [0.05, 0.1) is 0 Å². The molecule has 0 spiro atoms. The van der Waals surface area contributed by atoms with Crippen molar-refractivity contribution in [3.8, 4) is 0 Å². The molecule has 2 aromatic rings. The average molecular weight is 324 g/mol. The Morgan fingerprint density at radius 2 is 1.78 bits per heavy atom. The largest absolute Gasteiger partial charge is 0.433 e. The summed E-state index contributed by atoms with van der Waals surface area (Å²) in [5, 5.41) is 5.45. The molecule has 1 aromatic carbocycles. The number of nitrogens with one attached hydrogen (secondary N) is 2. The number of halogens is 3. The minimum Gasteiger partial charge on any atom is -0.357 e. The third-order valence-corrected chi connectivity index (χ3v) is 3.40. The fourth-order valence-corrected chi connectivity index (χ4v) is 2.32. The van der Waals surface area contributed by atoms with Crippen LogP contribution in [0.4, 0.5) is 30.6 Å². The van der Waals surface area contributed by atoms with E-state index in [1.54, 1.807) is 0 Å². The van der Waals surface area contributed by atoms with Crippen LogP contribution >= 0.6 is 0 Å². The van der Waals surface area contributed by atoms with Crippen molar-refractivity contribution in [1.29, 1.82) is 0 Å². The molecule has 23 heavy (non-hydrogen) atoms. The van der Waals surface area contributed by atoms with Crippen molar-refractivity contribution in [2.75, 3.05) is 17.7 Å². The standard InChI is InChI=1S/C16H19F3N4/c1-9(2)12-6-5-11(7-10(12)3)21-14-8-13(16(17,18)19)22-15(20-4)23-14/h5-9H,1-4H3,(H2,20,21,22,23). The Morgan fingerprint density at radius 1 is 1.09 bits per heavy atom. The summed E-state index contributed by atoms with van der Waals surface area (Å²) in [6.45, 7) is 6.16. The van der Waals surface area contributed by atoms with Gasteiger partial charge in [-0.25, -0.2) is 4.98 Å². The molecule has 0 atom stereocenters. The molecule has 0 unspecified atom stereocenters. The SMILES string of the molecule is CNc1nc(Nc2ccc(C(C)C)c(C)c2)cc(C(F)(F)F)n1. The van der Waals surface area contributed by atoms with Gasteiger partial charge in [-0.3, -0.25) is 0 Å². The van der Waals surface area contributed by atoms with Crippen LogP contribution in [-0.4, -0.2) is 17.0 Å². The van der Waals surface area contributed by atoms with Gasteiger partial charge in [0.1, 0.15) is 5.82 Å². The van der Waals surface area contributed by atoms with Crippen LogP contribution in [0.1, 0.15) is 36.6 Å². The maximum Gasteiger partial charge on any atom is 0.433 e. The van der Waals surface area contributed by atoms with Crippen molar-refractivity contribution in [2.24, 2.45) is 0 Å². The van der Waals surface area contributed by atoms with Gasteiger partial charge in [-0.05, 0) is 36.1 Å². The zero-order valence-electron chi connectivity index (χ0n) is 13.4. The Morgan fingerprint density at radius 3 is 2.30 bits per heavy atom. The van der Waals surface area contributed by atoms with Gasteiger partial charge in [0.2, 0.25) is 5.95 Å². The quantitative estimate of drug-likeness (QED) is 0.855. The van der Waals surface area contributed by atoms with Gasteiger partial charge in [-0.1, -0.05) is 19.9 Å². The molecular formula is C16H19F3N4. The fourth-order valence-electron chi connectivity index (χ4n) is 2.32. The van der Waals surface area contributed by atoms with E-state index in [1.165, 1.54) is 12.6 Å². The van der Waals surface area contributed by atoms with Crippen molar-refractivity contribution in [1.82, 2.24) is 9.97 Å². The molecule has 124 valence electrons. The summed E-state index contributed by atoms with van der Waals surface area (Å²) in [6.07, 6.45) is -4.53. The predicted octanol–water partition coefficient (Wildman–Crippen LogP) is 4.71. The second-order valence-corrected chi connectivity index (χ2v) is 5.56. The summed E-state index contributed by atoms with van der Waals surface area (Å²) in [7, 11) is 1.47. The summed E-state index contributed by atoms with van der Waals surface area (Å²) >= 11 is 0. The van der Waals surface area contributed by atoms with Gasteiger partial charge < -0.3 is 10.6 Å². The molecule has 4 nitrogen and oxygen atoms in total. The number of hydrogen-bond donors (Lipinski definition) is 2. The molecule has 2 rings (SSSR count). The Balaban J connectivity index is 2.34. The first-order chi connectivity index (χ1) is 10.7. The molecule has 0 aliphatic heterocycles. The first-order valence-corrected chi connectivity index (χ1v) is 7.22. The fraction of sp³-hybridized carbons (Fsp3) is 0.375. The van der Waals surface area contributed by atoms with Crippen LogP contribution in [-0.2, 0) is 6.18 Å². The van der Waals surface area contributed by atoms with E-state index in [9.17, 15) is 13.2 Å². The van der Waals surface area contributed by atoms with Gasteiger partial charge in [-0.15, -0.1) is 0 Å². The number of anilines is 3. The number of aromatic nitrogens is 2. The predicted molar refractivity (Wildman–Crippen MR) is 85.1 cm³/mol. The van der Waals surface area contributed by atoms with E-state index >= 15 is 0 Å². The molecule has 0 saturated heterocycles. The molecule has 0 amide bonds. The maximum absolute atomic E-state index is 12.9. The Bertz CT molecular complexity index is 696. The summed E-state index contributed by atoms with van der Waals surface area (Å²) < 4.78 is 38.6. The maximum atomic E-state index is 12.9. The van der Waals surface area contributed by atoms with Crippen molar-refractivity contribution in [2.45, 2.75) is 32.9 Å². The number of benzene rings is 1. The summed E-state index contributed by atoms with van der Waals surface area (Å²) in [4.78, 5) is 7.45. The van der Waals surface area contributed by atoms with Gasteiger partial charge in [0, 0.05) is 18.8 Å². The highest BCUT2D eigenvalue weighted by Crippen LogP contribution is 2.31. The lowest BCUT2D eigenvalue weighted by Crippen LogP contribution is -2.12. The molecule has 7 heteroatoms. The number of nitrogens with zero attached hydrogens (tertiary/aromatic N) is 2. The third kappa shape index (κ3) is 4.12. The van der Waals surface area contributed by atoms with E-state index in [0.717, 1.165) is 11.6 Å². The summed E-state index contributed by atoms with van der Waals surface area (Å²) in [5.74, 6) is 0.391. The lowest BCUT2D eigenvalue weighted by Gasteiger charge is -2.14. The normalized spacial score (nSPS) is 11.7. The van der Waals surface area contributed by atoms with Crippen molar-refractivity contribution in [3.63, 3.8) is 0 Å². The topological polar surface area (TPSA) is 49.8 Å². The molecule has 0 fully saturated rings. The van der Waals surface area contributed by atoms with Gasteiger partial charge >= 0.3 is 6.18 Å². The molecule has 1 aromatic heterocycles. The van der Waals surface area contributed by atoms with Crippen LogP contribution in [0.15, 0.2) is 24.3 Å². The molecule has 2 N–H and O–H groups in total. The van der Waals surface area contributed by atoms with Crippen molar-refractivity contribution < 1.29 is 13.2 Å². The van der Waals surface area contributed by atoms with Crippen LogP contribution in [0.5, 0.6) is 0 Å². The highest BCUT2D eigenvalue weighted by atomic mass is 19.4. The molecule has 0 aliphatic carbocycles. The van der Waals surface area contributed by atoms with Crippen molar-refractivity contribution >= 4 is 17.5 Å². The van der Waals surface area contributed by atoms with Crippen molar-refractivity contribution in [3.05, 3.63) is 41.1 Å². The van der Waals surface area contributed by atoms with Crippen LogP contribution < -0.4 is 10.6 Å². The molecular weight excluding hydrogens is 305 g/mol. The molecule has 0 saturated carbocycles. The number of aryl methyl sites for hydroxylation is 1. The second-order valence-electron chi connectivity index (χ2n) is 5.56. The molecule has 1 heterocycles. The van der Waals surface area contributed by atoms with Gasteiger partial charge in [0.25, 0.3) is 0 Å². The highest BCUT2D eigenvalue weighted by Gasteiger charge is 2.33. The van der Waals surface area contributed by atoms with E-state index in [1.807, 2.05) is 25.1 Å². The minimum atomic E-state index is -4.53. The lowest BCUT2D eigenvalue weighted by molar-refractivity contribution is -0.141. The van der Waals surface area contributed by atoms with E-state index in [-0.39, 0.29) is 11.8 Å². The Hall–Kier alpha value is -2.31. The molecule has 0 aliphatic rings. The average Bonchev–Trinajstić information content (AvgIpc) is 2.45.